The van der Waals surface area contributed by atoms with E-state index in [1.807, 2.05) is 6.07 Å². The van der Waals surface area contributed by atoms with Gasteiger partial charge in [0.1, 0.15) is 18.5 Å². The Morgan fingerprint density at radius 3 is 3.12 bits per heavy atom. The Kier molecular flexibility index (Phi) is 2.88. The summed E-state index contributed by atoms with van der Waals surface area (Å²) in [4.78, 5) is 14.5. The number of nitrogens with zero attached hydrogens (tertiary/aromatic N) is 1. The third kappa shape index (κ3) is 1.88. The Morgan fingerprint density at radius 2 is 2.41 bits per heavy atom. The Bertz CT molecular complexity index is 462. The van der Waals surface area contributed by atoms with Crippen molar-refractivity contribution in [2.45, 2.75) is 25.0 Å². The SMILES string of the molecule is O=C1CCCN1C1c2sc(Br)cc2OCC1O. The van der Waals surface area contributed by atoms with Crippen molar-refractivity contribution in [2.24, 2.45) is 0 Å². The fourth-order valence-corrected chi connectivity index (χ4v) is 4.16. The zero-order chi connectivity index (χ0) is 12.0. The van der Waals surface area contributed by atoms with E-state index in [9.17, 15) is 9.90 Å². The summed E-state index contributed by atoms with van der Waals surface area (Å²) < 4.78 is 6.44. The van der Waals surface area contributed by atoms with Crippen LogP contribution in [0.2, 0.25) is 0 Å². The van der Waals surface area contributed by atoms with Crippen LogP contribution >= 0.6 is 27.3 Å². The van der Waals surface area contributed by atoms with Crippen LogP contribution in [-0.4, -0.2) is 35.2 Å². The molecule has 2 unspecified atom stereocenters. The van der Waals surface area contributed by atoms with Gasteiger partial charge in [-0.2, -0.15) is 0 Å². The van der Waals surface area contributed by atoms with E-state index < -0.39 is 6.10 Å². The summed E-state index contributed by atoms with van der Waals surface area (Å²) in [5.74, 6) is 0.920. The average Bonchev–Trinajstić information content (AvgIpc) is 2.84. The largest absolute Gasteiger partial charge is 0.490 e. The highest BCUT2D eigenvalue weighted by atomic mass is 79.9. The van der Waals surface area contributed by atoms with E-state index in [1.165, 1.54) is 11.3 Å². The molecule has 0 aromatic carbocycles. The first kappa shape index (κ1) is 11.5. The van der Waals surface area contributed by atoms with Gasteiger partial charge in [0.25, 0.3) is 0 Å². The Morgan fingerprint density at radius 1 is 1.59 bits per heavy atom. The highest BCUT2D eigenvalue weighted by molar-refractivity contribution is 9.11. The first-order valence-electron chi connectivity index (χ1n) is 5.56. The maximum Gasteiger partial charge on any atom is 0.223 e. The number of carbonyl (C=O) groups excluding carboxylic acids is 1. The lowest BCUT2D eigenvalue weighted by Gasteiger charge is -2.34. The number of halogens is 1. The molecule has 92 valence electrons. The van der Waals surface area contributed by atoms with Crippen molar-refractivity contribution in [3.8, 4) is 5.75 Å². The molecule has 2 atom stereocenters. The number of hydrogen-bond acceptors (Lipinski definition) is 4. The lowest BCUT2D eigenvalue weighted by Crippen LogP contribution is -2.42. The zero-order valence-corrected chi connectivity index (χ0v) is 11.5. The Labute approximate surface area is 111 Å². The summed E-state index contributed by atoms with van der Waals surface area (Å²) in [6.45, 7) is 0.986. The molecule has 0 aliphatic carbocycles. The van der Waals surface area contributed by atoms with Crippen LogP contribution in [0.5, 0.6) is 5.75 Å². The molecule has 0 saturated carbocycles. The monoisotopic (exact) mass is 317 g/mol. The minimum atomic E-state index is -0.630. The van der Waals surface area contributed by atoms with Crippen molar-refractivity contribution < 1.29 is 14.6 Å². The van der Waals surface area contributed by atoms with Crippen molar-refractivity contribution in [1.82, 2.24) is 4.90 Å². The minimum Gasteiger partial charge on any atom is -0.490 e. The maximum atomic E-state index is 11.8. The number of hydrogen-bond donors (Lipinski definition) is 1. The van der Waals surface area contributed by atoms with Gasteiger partial charge in [0.05, 0.1) is 14.7 Å². The van der Waals surface area contributed by atoms with Gasteiger partial charge in [-0.3, -0.25) is 4.79 Å². The van der Waals surface area contributed by atoms with Gasteiger partial charge in [-0.1, -0.05) is 0 Å². The van der Waals surface area contributed by atoms with Gasteiger partial charge in [0.15, 0.2) is 0 Å². The van der Waals surface area contributed by atoms with Gasteiger partial charge >= 0.3 is 0 Å². The standard InChI is InChI=1S/C11H12BrNO3S/c12-8-4-7-11(17-8)10(6(14)5-16-7)13-3-1-2-9(13)15/h4,6,10,14H,1-3,5H2. The number of aliphatic hydroxyl groups excluding tert-OH is 1. The second-order valence-electron chi connectivity index (χ2n) is 4.29. The van der Waals surface area contributed by atoms with Crippen molar-refractivity contribution in [3.63, 3.8) is 0 Å². The molecule has 0 radical (unpaired) electrons. The molecule has 2 aliphatic heterocycles. The smallest absolute Gasteiger partial charge is 0.223 e. The molecule has 17 heavy (non-hydrogen) atoms. The van der Waals surface area contributed by atoms with E-state index in [0.29, 0.717) is 6.42 Å². The lowest BCUT2D eigenvalue weighted by molar-refractivity contribution is -0.133. The predicted molar refractivity (Wildman–Crippen MR) is 67.2 cm³/mol. The van der Waals surface area contributed by atoms with Crippen LogP contribution in [0.3, 0.4) is 0 Å². The average molecular weight is 318 g/mol. The van der Waals surface area contributed by atoms with Gasteiger partial charge in [-0.05, 0) is 22.4 Å². The summed E-state index contributed by atoms with van der Waals surface area (Å²) in [5, 5.41) is 10.1. The fraction of sp³-hybridized carbons (Fsp3) is 0.545. The second kappa shape index (κ2) is 4.26. The normalized spacial score (nSPS) is 28.1. The number of thiophene rings is 1. The van der Waals surface area contributed by atoms with E-state index in [4.69, 9.17) is 4.74 Å². The topological polar surface area (TPSA) is 49.8 Å². The van der Waals surface area contributed by atoms with Gasteiger partial charge in [-0.25, -0.2) is 0 Å². The highest BCUT2D eigenvalue weighted by Crippen LogP contribution is 2.44. The van der Waals surface area contributed by atoms with E-state index in [1.54, 1.807) is 4.90 Å². The van der Waals surface area contributed by atoms with Crippen molar-refractivity contribution in [1.29, 1.82) is 0 Å². The first-order valence-corrected chi connectivity index (χ1v) is 7.17. The molecule has 3 heterocycles. The zero-order valence-electron chi connectivity index (χ0n) is 9.06. The molecule has 1 aromatic heterocycles. The molecular formula is C11H12BrNO3S. The first-order chi connectivity index (χ1) is 8.16. The molecule has 1 amide bonds. The van der Waals surface area contributed by atoms with E-state index in [2.05, 4.69) is 15.9 Å². The molecule has 0 bridgehead atoms. The van der Waals surface area contributed by atoms with Crippen LogP contribution in [0.25, 0.3) is 0 Å². The van der Waals surface area contributed by atoms with Crippen LogP contribution in [-0.2, 0) is 4.79 Å². The number of fused-ring (bicyclic) bond motifs is 1. The van der Waals surface area contributed by atoms with Gasteiger partial charge < -0.3 is 14.7 Å². The lowest BCUT2D eigenvalue weighted by atomic mass is 10.1. The molecule has 1 N–H and O–H groups in total. The van der Waals surface area contributed by atoms with Crippen LogP contribution in [0.4, 0.5) is 0 Å². The van der Waals surface area contributed by atoms with Crippen LogP contribution in [0.15, 0.2) is 9.85 Å². The Balaban J connectivity index is 1.99. The summed E-state index contributed by atoms with van der Waals surface area (Å²) in [7, 11) is 0. The quantitative estimate of drug-likeness (QED) is 0.861. The third-order valence-corrected chi connectivity index (χ3v) is 4.87. The van der Waals surface area contributed by atoms with Crippen molar-refractivity contribution >= 4 is 33.2 Å². The third-order valence-electron chi connectivity index (χ3n) is 3.18. The fourth-order valence-electron chi connectivity index (χ4n) is 2.43. The molecule has 6 heteroatoms. The number of ether oxygens (including phenoxy) is 1. The summed E-state index contributed by atoms with van der Waals surface area (Å²) in [5.41, 5.74) is 0. The van der Waals surface area contributed by atoms with Gasteiger partial charge in [0, 0.05) is 19.0 Å². The summed E-state index contributed by atoms with van der Waals surface area (Å²) in [6.07, 6.45) is 0.839. The summed E-state index contributed by atoms with van der Waals surface area (Å²) >= 11 is 4.95. The molecule has 1 aromatic rings. The van der Waals surface area contributed by atoms with Crippen molar-refractivity contribution in [2.75, 3.05) is 13.2 Å². The molecule has 1 saturated heterocycles. The number of carbonyl (C=O) groups is 1. The van der Waals surface area contributed by atoms with Crippen LogP contribution < -0.4 is 4.74 Å². The summed E-state index contributed by atoms with van der Waals surface area (Å²) in [6, 6.07) is 1.67. The molecular weight excluding hydrogens is 306 g/mol. The Hall–Kier alpha value is -0.590. The number of amides is 1. The minimum absolute atomic E-state index is 0.131. The number of rotatable bonds is 1. The molecule has 0 spiro atoms. The van der Waals surface area contributed by atoms with E-state index in [0.717, 1.165) is 27.4 Å². The molecule has 4 nitrogen and oxygen atoms in total. The maximum absolute atomic E-state index is 11.8. The van der Waals surface area contributed by atoms with Gasteiger partial charge in [-0.15, -0.1) is 11.3 Å². The molecule has 2 aliphatic rings. The molecule has 3 rings (SSSR count). The predicted octanol–water partition coefficient (Wildman–Crippen LogP) is 1.93. The van der Waals surface area contributed by atoms with E-state index >= 15 is 0 Å². The van der Waals surface area contributed by atoms with Crippen molar-refractivity contribution in [3.05, 3.63) is 14.7 Å². The van der Waals surface area contributed by atoms with Crippen LogP contribution in [0.1, 0.15) is 23.8 Å². The van der Waals surface area contributed by atoms with E-state index in [-0.39, 0.29) is 18.6 Å². The number of aliphatic hydroxyl groups is 1. The second-order valence-corrected chi connectivity index (χ2v) is 6.76. The molecule has 1 fully saturated rings. The number of likely N-dealkylation sites (tertiary alicyclic amines) is 1. The van der Waals surface area contributed by atoms with Gasteiger partial charge in [0.2, 0.25) is 5.91 Å². The highest BCUT2D eigenvalue weighted by Gasteiger charge is 2.39. The van der Waals surface area contributed by atoms with Crippen LogP contribution in [0, 0.1) is 0 Å².